The Bertz CT molecular complexity index is 464. The summed E-state index contributed by atoms with van der Waals surface area (Å²) in [7, 11) is 0. The standard InChI is InChI=1S/C12H13Cl2F3N2O/c13-9-4-7(5-10(14)18-9)6-19-3-1-2-8(19)11(20)12(15,16)17/h4-5,8,11,20H,1-3,6H2. The second-order valence-electron chi connectivity index (χ2n) is 4.79. The summed E-state index contributed by atoms with van der Waals surface area (Å²) in [5.41, 5.74) is 0.677. The summed E-state index contributed by atoms with van der Waals surface area (Å²) in [6.07, 6.45) is -6.02. The molecule has 112 valence electrons. The Hall–Kier alpha value is -0.560. The molecule has 20 heavy (non-hydrogen) atoms. The van der Waals surface area contributed by atoms with Gasteiger partial charge in [-0.05, 0) is 37.1 Å². The molecule has 8 heteroatoms. The normalized spacial score (nSPS) is 22.2. The number of aliphatic hydroxyl groups is 1. The topological polar surface area (TPSA) is 36.4 Å². The summed E-state index contributed by atoms with van der Waals surface area (Å²) in [6.45, 7) is 0.745. The number of alkyl halides is 3. The fourth-order valence-electron chi connectivity index (χ4n) is 2.46. The zero-order chi connectivity index (χ0) is 14.9. The number of hydrogen-bond acceptors (Lipinski definition) is 3. The van der Waals surface area contributed by atoms with Crippen molar-refractivity contribution in [3.8, 4) is 0 Å². The van der Waals surface area contributed by atoms with Crippen LogP contribution in [0.1, 0.15) is 18.4 Å². The van der Waals surface area contributed by atoms with Gasteiger partial charge in [0.2, 0.25) is 0 Å². The molecule has 2 unspecified atom stereocenters. The van der Waals surface area contributed by atoms with Gasteiger partial charge in [0.1, 0.15) is 10.3 Å². The molecule has 2 heterocycles. The molecule has 1 fully saturated rings. The molecule has 2 rings (SSSR count). The first kappa shape index (κ1) is 15.8. The molecular formula is C12H13Cl2F3N2O. The molecule has 0 radical (unpaired) electrons. The van der Waals surface area contributed by atoms with Gasteiger partial charge in [-0.1, -0.05) is 23.2 Å². The van der Waals surface area contributed by atoms with Crippen LogP contribution < -0.4 is 0 Å². The lowest BCUT2D eigenvalue weighted by Crippen LogP contribution is -2.46. The minimum Gasteiger partial charge on any atom is -0.382 e. The SMILES string of the molecule is OC(C1CCCN1Cc1cc(Cl)nc(Cl)c1)C(F)(F)F. The van der Waals surface area contributed by atoms with E-state index in [-0.39, 0.29) is 16.9 Å². The van der Waals surface area contributed by atoms with Gasteiger partial charge in [0, 0.05) is 12.6 Å². The quantitative estimate of drug-likeness (QED) is 0.865. The Morgan fingerprint density at radius 2 is 1.95 bits per heavy atom. The maximum Gasteiger partial charge on any atom is 0.415 e. The Balaban J connectivity index is 2.11. The van der Waals surface area contributed by atoms with E-state index in [2.05, 4.69) is 4.98 Å². The highest BCUT2D eigenvalue weighted by Gasteiger charge is 2.46. The van der Waals surface area contributed by atoms with Crippen molar-refractivity contribution in [3.63, 3.8) is 0 Å². The average Bonchev–Trinajstić information content (AvgIpc) is 2.73. The van der Waals surface area contributed by atoms with Gasteiger partial charge in [0.05, 0.1) is 0 Å². The molecule has 1 aliphatic heterocycles. The van der Waals surface area contributed by atoms with Gasteiger partial charge < -0.3 is 5.11 Å². The summed E-state index contributed by atoms with van der Waals surface area (Å²) >= 11 is 11.5. The van der Waals surface area contributed by atoms with E-state index in [4.69, 9.17) is 23.2 Å². The molecule has 0 spiro atoms. The molecule has 0 aromatic carbocycles. The second kappa shape index (κ2) is 6.05. The molecular weight excluding hydrogens is 316 g/mol. The monoisotopic (exact) mass is 328 g/mol. The molecule has 0 aliphatic carbocycles. The lowest BCUT2D eigenvalue weighted by atomic mass is 10.1. The lowest BCUT2D eigenvalue weighted by molar-refractivity contribution is -0.219. The van der Waals surface area contributed by atoms with Crippen molar-refractivity contribution >= 4 is 23.2 Å². The molecule has 1 aliphatic rings. The van der Waals surface area contributed by atoms with Crippen molar-refractivity contribution in [3.05, 3.63) is 28.0 Å². The van der Waals surface area contributed by atoms with E-state index in [1.165, 1.54) is 0 Å². The number of halogens is 5. The van der Waals surface area contributed by atoms with Gasteiger partial charge >= 0.3 is 6.18 Å². The van der Waals surface area contributed by atoms with Crippen LogP contribution in [-0.4, -0.2) is 39.9 Å². The minimum absolute atomic E-state index is 0.194. The van der Waals surface area contributed by atoms with E-state index in [1.807, 2.05) is 0 Å². The van der Waals surface area contributed by atoms with Gasteiger partial charge in [-0.15, -0.1) is 0 Å². The number of likely N-dealkylation sites (tertiary alicyclic amines) is 1. The summed E-state index contributed by atoms with van der Waals surface area (Å²) < 4.78 is 37.8. The summed E-state index contributed by atoms with van der Waals surface area (Å²) in [4.78, 5) is 5.38. The Kier molecular flexibility index (Phi) is 4.79. The van der Waals surface area contributed by atoms with E-state index in [0.29, 0.717) is 24.9 Å². The first-order chi connectivity index (χ1) is 9.27. The van der Waals surface area contributed by atoms with E-state index >= 15 is 0 Å². The van der Waals surface area contributed by atoms with E-state index in [9.17, 15) is 18.3 Å². The highest BCUT2D eigenvalue weighted by atomic mass is 35.5. The lowest BCUT2D eigenvalue weighted by Gasteiger charge is -2.29. The summed E-state index contributed by atoms with van der Waals surface area (Å²) in [5.74, 6) is 0. The number of hydrogen-bond donors (Lipinski definition) is 1. The number of aliphatic hydroxyl groups excluding tert-OH is 1. The molecule has 2 atom stereocenters. The smallest absolute Gasteiger partial charge is 0.382 e. The van der Waals surface area contributed by atoms with Crippen LogP contribution in [0, 0.1) is 0 Å². The fraction of sp³-hybridized carbons (Fsp3) is 0.583. The molecule has 0 bridgehead atoms. The van der Waals surface area contributed by atoms with Gasteiger partial charge in [0.25, 0.3) is 0 Å². The van der Waals surface area contributed by atoms with Gasteiger partial charge in [0.15, 0.2) is 6.10 Å². The predicted molar refractivity (Wildman–Crippen MR) is 69.8 cm³/mol. The van der Waals surface area contributed by atoms with Crippen LogP contribution in [0.2, 0.25) is 10.3 Å². The van der Waals surface area contributed by atoms with Gasteiger partial charge in [-0.2, -0.15) is 13.2 Å². The van der Waals surface area contributed by atoms with E-state index < -0.39 is 18.3 Å². The maximum absolute atomic E-state index is 12.6. The third kappa shape index (κ3) is 3.75. The number of pyridine rings is 1. The van der Waals surface area contributed by atoms with Crippen molar-refractivity contribution in [2.75, 3.05) is 6.54 Å². The second-order valence-corrected chi connectivity index (χ2v) is 5.56. The van der Waals surface area contributed by atoms with Crippen molar-refractivity contribution in [1.82, 2.24) is 9.88 Å². The summed E-state index contributed by atoms with van der Waals surface area (Å²) in [5, 5.41) is 9.80. The largest absolute Gasteiger partial charge is 0.415 e. The predicted octanol–water partition coefficient (Wildman–Crippen LogP) is 3.28. The Morgan fingerprint density at radius 3 is 2.50 bits per heavy atom. The van der Waals surface area contributed by atoms with E-state index in [0.717, 1.165) is 0 Å². The van der Waals surface area contributed by atoms with Crippen LogP contribution in [0.15, 0.2) is 12.1 Å². The Labute approximate surface area is 124 Å². The van der Waals surface area contributed by atoms with Crippen LogP contribution in [0.4, 0.5) is 13.2 Å². The molecule has 1 aromatic heterocycles. The molecule has 0 amide bonds. The van der Waals surface area contributed by atoms with Crippen LogP contribution >= 0.6 is 23.2 Å². The van der Waals surface area contributed by atoms with Crippen LogP contribution in [0.3, 0.4) is 0 Å². The average molecular weight is 329 g/mol. The molecule has 0 saturated carbocycles. The molecule has 1 aromatic rings. The number of aromatic nitrogens is 1. The van der Waals surface area contributed by atoms with E-state index in [1.54, 1.807) is 17.0 Å². The zero-order valence-electron chi connectivity index (χ0n) is 10.4. The highest BCUT2D eigenvalue weighted by molar-refractivity contribution is 6.32. The van der Waals surface area contributed by atoms with Crippen molar-refractivity contribution in [2.24, 2.45) is 0 Å². The fourth-order valence-corrected chi connectivity index (χ4v) is 2.97. The number of rotatable bonds is 3. The minimum atomic E-state index is -4.61. The molecule has 3 nitrogen and oxygen atoms in total. The van der Waals surface area contributed by atoms with Gasteiger partial charge in [-0.3, -0.25) is 4.90 Å². The third-order valence-corrected chi connectivity index (χ3v) is 3.71. The summed E-state index contributed by atoms with van der Waals surface area (Å²) in [6, 6.07) is 2.19. The van der Waals surface area contributed by atoms with Crippen molar-refractivity contribution in [2.45, 2.75) is 37.7 Å². The van der Waals surface area contributed by atoms with Crippen molar-refractivity contribution < 1.29 is 18.3 Å². The first-order valence-corrected chi connectivity index (χ1v) is 6.84. The van der Waals surface area contributed by atoms with Crippen LogP contribution in [0.25, 0.3) is 0 Å². The van der Waals surface area contributed by atoms with Crippen molar-refractivity contribution in [1.29, 1.82) is 0 Å². The molecule has 1 saturated heterocycles. The van der Waals surface area contributed by atoms with Crippen LogP contribution in [-0.2, 0) is 6.54 Å². The van der Waals surface area contributed by atoms with Crippen LogP contribution in [0.5, 0.6) is 0 Å². The Morgan fingerprint density at radius 1 is 1.35 bits per heavy atom. The zero-order valence-corrected chi connectivity index (χ0v) is 11.9. The van der Waals surface area contributed by atoms with Gasteiger partial charge in [-0.25, -0.2) is 4.98 Å². The molecule has 1 N–H and O–H groups in total. The first-order valence-electron chi connectivity index (χ1n) is 6.08. The third-order valence-electron chi connectivity index (χ3n) is 3.32. The highest BCUT2D eigenvalue weighted by Crippen LogP contribution is 2.31. The maximum atomic E-state index is 12.6. The number of nitrogens with zero attached hydrogens (tertiary/aromatic N) is 2.